The van der Waals surface area contributed by atoms with E-state index in [1.165, 1.54) is 0 Å². The summed E-state index contributed by atoms with van der Waals surface area (Å²) in [5.41, 5.74) is 11.3. The Bertz CT molecular complexity index is 1220. The molecule has 0 saturated carbocycles. The van der Waals surface area contributed by atoms with Crippen molar-refractivity contribution in [2.24, 2.45) is 0 Å². The average Bonchev–Trinajstić information content (AvgIpc) is 3.24. The molecule has 6 nitrogen and oxygen atoms in total. The standard InChI is InChI=1S/C26H24N4O2/c27-25-23(20-11-5-2-6-12-20)16-28-30(25)22-15-21-13-7-8-14-24(21)29(17-22)26(31)32-18-19-9-3-1-4-10-19/h1-14,16,22H,15,17-18,27H2/t22-/m1/s1. The van der Waals surface area contributed by atoms with Crippen molar-refractivity contribution in [3.63, 3.8) is 0 Å². The minimum absolute atomic E-state index is 0.0911. The molecule has 0 unspecified atom stereocenters. The molecule has 1 atom stereocenters. The smallest absolute Gasteiger partial charge is 0.414 e. The number of nitrogens with zero attached hydrogens (tertiary/aromatic N) is 3. The number of hydrogen-bond acceptors (Lipinski definition) is 4. The molecule has 0 radical (unpaired) electrons. The number of anilines is 2. The monoisotopic (exact) mass is 424 g/mol. The highest BCUT2D eigenvalue weighted by atomic mass is 16.6. The van der Waals surface area contributed by atoms with Crippen LogP contribution in [0.25, 0.3) is 11.1 Å². The van der Waals surface area contributed by atoms with Crippen LogP contribution in [0.4, 0.5) is 16.3 Å². The molecule has 4 aromatic rings. The lowest BCUT2D eigenvalue weighted by Gasteiger charge is -2.34. The van der Waals surface area contributed by atoms with Crippen LogP contribution in [0.1, 0.15) is 17.2 Å². The minimum atomic E-state index is -0.375. The van der Waals surface area contributed by atoms with Crippen LogP contribution in [0.15, 0.2) is 91.1 Å². The first-order chi connectivity index (χ1) is 15.7. The van der Waals surface area contributed by atoms with E-state index in [2.05, 4.69) is 5.10 Å². The molecule has 0 saturated heterocycles. The van der Waals surface area contributed by atoms with Gasteiger partial charge in [-0.05, 0) is 29.2 Å². The molecule has 32 heavy (non-hydrogen) atoms. The fourth-order valence-corrected chi connectivity index (χ4v) is 4.21. The molecular formula is C26H24N4O2. The molecule has 1 aliphatic heterocycles. The summed E-state index contributed by atoms with van der Waals surface area (Å²) in [7, 11) is 0. The summed E-state index contributed by atoms with van der Waals surface area (Å²) in [5, 5.41) is 4.59. The summed E-state index contributed by atoms with van der Waals surface area (Å²) in [5.74, 6) is 0.596. The van der Waals surface area contributed by atoms with Crippen molar-refractivity contribution in [1.29, 1.82) is 0 Å². The van der Waals surface area contributed by atoms with E-state index < -0.39 is 0 Å². The van der Waals surface area contributed by atoms with Gasteiger partial charge in [-0.2, -0.15) is 5.10 Å². The van der Waals surface area contributed by atoms with Crippen LogP contribution in [0, 0.1) is 0 Å². The number of rotatable bonds is 4. The largest absolute Gasteiger partial charge is 0.444 e. The van der Waals surface area contributed by atoms with Gasteiger partial charge in [-0.25, -0.2) is 9.48 Å². The van der Waals surface area contributed by atoms with Crippen molar-refractivity contribution in [2.75, 3.05) is 17.2 Å². The van der Waals surface area contributed by atoms with Gasteiger partial charge in [-0.1, -0.05) is 78.9 Å². The number of amides is 1. The first kappa shape index (κ1) is 19.9. The molecule has 6 heteroatoms. The highest BCUT2D eigenvalue weighted by Gasteiger charge is 2.32. The molecule has 2 heterocycles. The molecule has 0 fully saturated rings. The predicted octanol–water partition coefficient (Wildman–Crippen LogP) is 5.07. The van der Waals surface area contributed by atoms with Crippen molar-refractivity contribution >= 4 is 17.6 Å². The molecule has 1 aromatic heterocycles. The van der Waals surface area contributed by atoms with E-state index >= 15 is 0 Å². The quantitative estimate of drug-likeness (QED) is 0.496. The number of nitrogen functional groups attached to an aromatic ring is 1. The van der Waals surface area contributed by atoms with Gasteiger partial charge < -0.3 is 10.5 Å². The van der Waals surface area contributed by atoms with Crippen LogP contribution >= 0.6 is 0 Å². The SMILES string of the molecule is Nc1c(-c2ccccc2)cnn1[C@@H]1Cc2ccccc2N(C(=O)OCc2ccccc2)C1. The van der Waals surface area contributed by atoms with Gasteiger partial charge in [0.25, 0.3) is 0 Å². The number of carbonyl (C=O) groups excluding carboxylic acids is 1. The number of aromatic nitrogens is 2. The zero-order chi connectivity index (χ0) is 21.9. The van der Waals surface area contributed by atoms with Gasteiger partial charge in [-0.3, -0.25) is 4.90 Å². The van der Waals surface area contributed by atoms with Crippen molar-refractivity contribution in [1.82, 2.24) is 9.78 Å². The lowest BCUT2D eigenvalue weighted by molar-refractivity contribution is 0.145. The van der Waals surface area contributed by atoms with Crippen LogP contribution < -0.4 is 10.6 Å². The molecule has 3 aromatic carbocycles. The van der Waals surface area contributed by atoms with Crippen molar-refractivity contribution in [2.45, 2.75) is 19.1 Å². The van der Waals surface area contributed by atoms with Crippen LogP contribution in [-0.4, -0.2) is 22.4 Å². The molecule has 2 N–H and O–H groups in total. The number of ether oxygens (including phenoxy) is 1. The van der Waals surface area contributed by atoms with E-state index in [0.29, 0.717) is 12.4 Å². The molecule has 160 valence electrons. The lowest BCUT2D eigenvalue weighted by atomic mass is 9.98. The molecule has 0 bridgehead atoms. The normalized spacial score (nSPS) is 15.2. The molecular weight excluding hydrogens is 400 g/mol. The number of para-hydroxylation sites is 1. The Morgan fingerprint density at radius 1 is 0.969 bits per heavy atom. The van der Waals surface area contributed by atoms with Gasteiger partial charge in [0.2, 0.25) is 0 Å². The van der Waals surface area contributed by atoms with E-state index in [0.717, 1.165) is 34.4 Å². The van der Waals surface area contributed by atoms with E-state index in [-0.39, 0.29) is 18.7 Å². The summed E-state index contributed by atoms with van der Waals surface area (Å²) >= 11 is 0. The van der Waals surface area contributed by atoms with Gasteiger partial charge >= 0.3 is 6.09 Å². The van der Waals surface area contributed by atoms with Gasteiger partial charge in [0, 0.05) is 5.56 Å². The number of carbonyl (C=O) groups is 1. The number of nitrogens with two attached hydrogens (primary N) is 1. The zero-order valence-electron chi connectivity index (χ0n) is 17.6. The Morgan fingerprint density at radius 3 is 2.44 bits per heavy atom. The molecule has 1 aliphatic rings. The zero-order valence-corrected chi connectivity index (χ0v) is 17.6. The second-order valence-corrected chi connectivity index (χ2v) is 7.89. The first-order valence-electron chi connectivity index (χ1n) is 10.7. The first-order valence-corrected chi connectivity index (χ1v) is 10.7. The third-order valence-corrected chi connectivity index (χ3v) is 5.82. The topological polar surface area (TPSA) is 73.4 Å². The second kappa shape index (κ2) is 8.59. The Balaban J connectivity index is 1.41. The second-order valence-electron chi connectivity index (χ2n) is 7.89. The number of fused-ring (bicyclic) bond motifs is 1. The third-order valence-electron chi connectivity index (χ3n) is 5.82. The number of benzene rings is 3. The Kier molecular flexibility index (Phi) is 5.34. The van der Waals surface area contributed by atoms with Crippen LogP contribution in [0.2, 0.25) is 0 Å². The summed E-state index contributed by atoms with van der Waals surface area (Å²) in [4.78, 5) is 14.8. The maximum Gasteiger partial charge on any atom is 0.414 e. The van der Waals surface area contributed by atoms with Gasteiger partial charge in [0.05, 0.1) is 24.5 Å². The van der Waals surface area contributed by atoms with Gasteiger partial charge in [0.1, 0.15) is 12.4 Å². The van der Waals surface area contributed by atoms with Crippen molar-refractivity contribution in [3.05, 3.63) is 102 Å². The predicted molar refractivity (Wildman–Crippen MR) is 125 cm³/mol. The Labute approximate surface area is 186 Å². The lowest BCUT2D eigenvalue weighted by Crippen LogP contribution is -2.41. The van der Waals surface area contributed by atoms with E-state index in [9.17, 15) is 4.79 Å². The molecule has 0 spiro atoms. The average molecular weight is 425 g/mol. The maximum atomic E-state index is 13.1. The van der Waals surface area contributed by atoms with Crippen LogP contribution in [0.3, 0.4) is 0 Å². The van der Waals surface area contributed by atoms with Crippen molar-refractivity contribution < 1.29 is 9.53 Å². The van der Waals surface area contributed by atoms with E-state index in [4.69, 9.17) is 10.5 Å². The van der Waals surface area contributed by atoms with Gasteiger partial charge in [-0.15, -0.1) is 0 Å². The Hall–Kier alpha value is -4.06. The summed E-state index contributed by atoms with van der Waals surface area (Å²) in [6.45, 7) is 0.663. The minimum Gasteiger partial charge on any atom is -0.444 e. The fourth-order valence-electron chi connectivity index (χ4n) is 4.21. The maximum absolute atomic E-state index is 13.1. The van der Waals surface area contributed by atoms with Crippen LogP contribution in [-0.2, 0) is 17.8 Å². The number of hydrogen-bond donors (Lipinski definition) is 1. The summed E-state index contributed by atoms with van der Waals surface area (Å²) in [6, 6.07) is 27.5. The molecule has 5 rings (SSSR count). The third kappa shape index (κ3) is 3.83. The Morgan fingerprint density at radius 2 is 1.66 bits per heavy atom. The van der Waals surface area contributed by atoms with Gasteiger partial charge in [0.15, 0.2) is 0 Å². The highest BCUT2D eigenvalue weighted by Crippen LogP contribution is 2.35. The van der Waals surface area contributed by atoms with E-state index in [1.807, 2.05) is 89.6 Å². The molecule has 0 aliphatic carbocycles. The molecule has 1 amide bonds. The summed E-state index contributed by atoms with van der Waals surface area (Å²) in [6.07, 6.45) is 2.15. The fraction of sp³-hybridized carbons (Fsp3) is 0.154. The van der Waals surface area contributed by atoms with Crippen molar-refractivity contribution in [3.8, 4) is 11.1 Å². The van der Waals surface area contributed by atoms with Crippen LogP contribution in [0.5, 0.6) is 0 Å². The summed E-state index contributed by atoms with van der Waals surface area (Å²) < 4.78 is 7.47. The van der Waals surface area contributed by atoms with E-state index in [1.54, 1.807) is 11.1 Å². The highest BCUT2D eigenvalue weighted by molar-refractivity contribution is 5.89.